The fourth-order valence-corrected chi connectivity index (χ4v) is 2.42. The molecule has 0 aromatic carbocycles. The Morgan fingerprint density at radius 3 is 2.61 bits per heavy atom. The molecule has 2 atom stereocenters. The first kappa shape index (κ1) is 15.4. The molecular formula is C14H28N2O2. The summed E-state index contributed by atoms with van der Waals surface area (Å²) in [6, 6.07) is 0.544. The SMILES string of the molecule is CCC1CN(C(=O)COC(C)(C)C)CCC1NC. The second-order valence-electron chi connectivity index (χ2n) is 6.09. The van der Waals surface area contributed by atoms with Crippen molar-refractivity contribution < 1.29 is 9.53 Å². The molecule has 1 aliphatic rings. The zero-order chi connectivity index (χ0) is 13.8. The van der Waals surface area contributed by atoms with Gasteiger partial charge in [-0.05, 0) is 40.2 Å². The van der Waals surface area contributed by atoms with Crippen LogP contribution in [0.15, 0.2) is 0 Å². The lowest BCUT2D eigenvalue weighted by atomic mass is 9.90. The molecule has 1 rings (SSSR count). The molecular weight excluding hydrogens is 228 g/mol. The van der Waals surface area contributed by atoms with Gasteiger partial charge in [0.25, 0.3) is 0 Å². The Labute approximate surface area is 111 Å². The minimum atomic E-state index is -0.247. The van der Waals surface area contributed by atoms with Crippen molar-refractivity contribution in [2.24, 2.45) is 5.92 Å². The van der Waals surface area contributed by atoms with Gasteiger partial charge < -0.3 is 15.0 Å². The van der Waals surface area contributed by atoms with Gasteiger partial charge in [0.2, 0.25) is 5.91 Å². The Balaban J connectivity index is 2.45. The van der Waals surface area contributed by atoms with Crippen LogP contribution in [0.5, 0.6) is 0 Å². The van der Waals surface area contributed by atoms with Gasteiger partial charge >= 0.3 is 0 Å². The van der Waals surface area contributed by atoms with Crippen LogP contribution in [-0.4, -0.2) is 49.2 Å². The summed E-state index contributed by atoms with van der Waals surface area (Å²) in [5.74, 6) is 0.681. The third-order valence-corrected chi connectivity index (χ3v) is 3.61. The number of carbonyl (C=O) groups excluding carboxylic acids is 1. The first-order valence-electron chi connectivity index (χ1n) is 6.96. The van der Waals surface area contributed by atoms with E-state index in [0.717, 1.165) is 25.9 Å². The molecule has 0 aromatic heterocycles. The number of amides is 1. The van der Waals surface area contributed by atoms with Crippen molar-refractivity contribution in [2.45, 2.75) is 52.2 Å². The van der Waals surface area contributed by atoms with E-state index in [1.165, 1.54) is 0 Å². The molecule has 1 amide bonds. The molecule has 0 saturated carbocycles. The number of rotatable bonds is 4. The molecule has 0 radical (unpaired) electrons. The highest BCUT2D eigenvalue weighted by Crippen LogP contribution is 2.20. The van der Waals surface area contributed by atoms with Crippen molar-refractivity contribution in [3.63, 3.8) is 0 Å². The van der Waals surface area contributed by atoms with E-state index in [1.54, 1.807) is 0 Å². The number of nitrogens with zero attached hydrogens (tertiary/aromatic N) is 1. The highest BCUT2D eigenvalue weighted by molar-refractivity contribution is 5.77. The van der Waals surface area contributed by atoms with Gasteiger partial charge in [-0.15, -0.1) is 0 Å². The first-order chi connectivity index (χ1) is 8.37. The molecule has 1 N–H and O–H groups in total. The van der Waals surface area contributed by atoms with Crippen LogP contribution in [-0.2, 0) is 9.53 Å². The maximum absolute atomic E-state index is 12.1. The van der Waals surface area contributed by atoms with E-state index in [2.05, 4.69) is 12.2 Å². The topological polar surface area (TPSA) is 41.6 Å². The predicted molar refractivity (Wildman–Crippen MR) is 73.5 cm³/mol. The van der Waals surface area contributed by atoms with Gasteiger partial charge in [-0.2, -0.15) is 0 Å². The van der Waals surface area contributed by atoms with Gasteiger partial charge in [-0.25, -0.2) is 0 Å². The lowest BCUT2D eigenvalue weighted by Crippen LogP contribution is -2.51. The van der Waals surface area contributed by atoms with E-state index in [-0.39, 0.29) is 18.1 Å². The number of hydrogen-bond acceptors (Lipinski definition) is 3. The quantitative estimate of drug-likeness (QED) is 0.831. The van der Waals surface area contributed by atoms with Crippen molar-refractivity contribution in [3.8, 4) is 0 Å². The normalized spacial score (nSPS) is 25.3. The summed E-state index contributed by atoms with van der Waals surface area (Å²) in [5, 5.41) is 3.35. The minimum Gasteiger partial charge on any atom is -0.366 e. The van der Waals surface area contributed by atoms with Crippen molar-refractivity contribution in [3.05, 3.63) is 0 Å². The van der Waals surface area contributed by atoms with Crippen LogP contribution in [0.4, 0.5) is 0 Å². The van der Waals surface area contributed by atoms with Gasteiger partial charge in [0.1, 0.15) is 6.61 Å². The monoisotopic (exact) mass is 256 g/mol. The molecule has 1 aliphatic heterocycles. The van der Waals surface area contributed by atoms with Crippen molar-refractivity contribution in [1.82, 2.24) is 10.2 Å². The fourth-order valence-electron chi connectivity index (χ4n) is 2.42. The maximum atomic E-state index is 12.1. The van der Waals surface area contributed by atoms with Gasteiger partial charge in [0.15, 0.2) is 0 Å². The highest BCUT2D eigenvalue weighted by Gasteiger charge is 2.29. The summed E-state index contributed by atoms with van der Waals surface area (Å²) in [6.07, 6.45) is 2.14. The molecule has 1 fully saturated rings. The molecule has 18 heavy (non-hydrogen) atoms. The summed E-state index contributed by atoms with van der Waals surface area (Å²) < 4.78 is 5.56. The van der Waals surface area contributed by atoms with Crippen LogP contribution in [0.3, 0.4) is 0 Å². The number of ether oxygens (including phenoxy) is 1. The molecule has 1 heterocycles. The average molecular weight is 256 g/mol. The highest BCUT2D eigenvalue weighted by atomic mass is 16.5. The van der Waals surface area contributed by atoms with Gasteiger partial charge in [0, 0.05) is 19.1 Å². The standard InChI is InChI=1S/C14H28N2O2/c1-6-11-9-16(8-7-12(11)15-5)13(17)10-18-14(2,3)4/h11-12,15H,6-10H2,1-5H3. The number of piperidine rings is 1. The second-order valence-corrected chi connectivity index (χ2v) is 6.09. The van der Waals surface area contributed by atoms with E-state index in [4.69, 9.17) is 4.74 Å². The summed E-state index contributed by atoms with van der Waals surface area (Å²) >= 11 is 0. The van der Waals surface area contributed by atoms with Gasteiger partial charge in [-0.3, -0.25) is 4.79 Å². The maximum Gasteiger partial charge on any atom is 0.248 e. The molecule has 0 aromatic rings. The lowest BCUT2D eigenvalue weighted by Gasteiger charge is -2.38. The van der Waals surface area contributed by atoms with Crippen molar-refractivity contribution >= 4 is 5.91 Å². The zero-order valence-electron chi connectivity index (χ0n) is 12.5. The Morgan fingerprint density at radius 2 is 2.11 bits per heavy atom. The molecule has 0 bridgehead atoms. The van der Waals surface area contributed by atoms with Crippen molar-refractivity contribution in [2.75, 3.05) is 26.7 Å². The van der Waals surface area contributed by atoms with Crippen LogP contribution in [0.25, 0.3) is 0 Å². The van der Waals surface area contributed by atoms with E-state index < -0.39 is 0 Å². The Kier molecular flexibility index (Phi) is 5.60. The molecule has 4 heteroatoms. The first-order valence-corrected chi connectivity index (χ1v) is 6.96. The molecule has 4 nitrogen and oxygen atoms in total. The smallest absolute Gasteiger partial charge is 0.248 e. The summed E-state index contributed by atoms with van der Waals surface area (Å²) in [4.78, 5) is 14.0. The van der Waals surface area contributed by atoms with Crippen molar-refractivity contribution in [1.29, 1.82) is 0 Å². The zero-order valence-corrected chi connectivity index (χ0v) is 12.5. The Hall–Kier alpha value is -0.610. The lowest BCUT2D eigenvalue weighted by molar-refractivity contribution is -0.143. The van der Waals surface area contributed by atoms with Crippen LogP contribution < -0.4 is 5.32 Å². The molecule has 0 spiro atoms. The third kappa shape index (κ3) is 4.58. The largest absolute Gasteiger partial charge is 0.366 e. The van der Waals surface area contributed by atoms with Crippen LogP contribution >= 0.6 is 0 Å². The van der Waals surface area contributed by atoms with Gasteiger partial charge in [0.05, 0.1) is 5.60 Å². The molecule has 0 aliphatic carbocycles. The summed E-state index contributed by atoms with van der Waals surface area (Å²) in [7, 11) is 2.01. The van der Waals surface area contributed by atoms with Crippen LogP contribution in [0.1, 0.15) is 40.5 Å². The average Bonchev–Trinajstić information content (AvgIpc) is 2.34. The Bertz CT molecular complexity index is 273. The predicted octanol–water partition coefficient (Wildman–Crippen LogP) is 1.65. The molecule has 106 valence electrons. The van der Waals surface area contributed by atoms with E-state index in [0.29, 0.717) is 12.0 Å². The van der Waals surface area contributed by atoms with Crippen LogP contribution in [0, 0.1) is 5.92 Å². The second kappa shape index (κ2) is 6.53. The van der Waals surface area contributed by atoms with E-state index in [9.17, 15) is 4.79 Å². The Morgan fingerprint density at radius 1 is 1.44 bits per heavy atom. The third-order valence-electron chi connectivity index (χ3n) is 3.61. The van der Waals surface area contributed by atoms with E-state index >= 15 is 0 Å². The summed E-state index contributed by atoms with van der Waals surface area (Å²) in [5.41, 5.74) is -0.247. The van der Waals surface area contributed by atoms with Gasteiger partial charge in [-0.1, -0.05) is 13.3 Å². The number of hydrogen-bond donors (Lipinski definition) is 1. The number of likely N-dealkylation sites (tertiary alicyclic amines) is 1. The molecule has 1 saturated heterocycles. The number of carbonyl (C=O) groups is 1. The molecule has 2 unspecified atom stereocenters. The van der Waals surface area contributed by atoms with E-state index in [1.807, 2.05) is 32.7 Å². The summed E-state index contributed by atoms with van der Waals surface area (Å²) in [6.45, 7) is 10.0. The number of nitrogens with one attached hydrogen (secondary N) is 1. The van der Waals surface area contributed by atoms with Crippen LogP contribution in [0.2, 0.25) is 0 Å². The minimum absolute atomic E-state index is 0.123. The fraction of sp³-hybridized carbons (Fsp3) is 0.929.